The number of hydrogen-bond donors (Lipinski definition) is 2. The van der Waals surface area contributed by atoms with Crippen molar-refractivity contribution in [3.63, 3.8) is 0 Å². The predicted octanol–water partition coefficient (Wildman–Crippen LogP) is 3.59. The van der Waals surface area contributed by atoms with E-state index in [1.165, 1.54) is 0 Å². The largest absolute Gasteiger partial charge is 0.324 e. The summed E-state index contributed by atoms with van der Waals surface area (Å²) in [5.74, 6) is -2.46. The Morgan fingerprint density at radius 1 is 1.15 bits per heavy atom. The molecule has 5 rings (SSSR count). The highest BCUT2D eigenvalue weighted by Crippen LogP contribution is 2.42. The highest BCUT2D eigenvalue weighted by Gasteiger charge is 2.48. The van der Waals surface area contributed by atoms with E-state index >= 15 is 0 Å². The smallest absolute Gasteiger partial charge is 0.244 e. The number of nitrogens with zero attached hydrogens (tertiary/aromatic N) is 3. The quantitative estimate of drug-likeness (QED) is 0.429. The van der Waals surface area contributed by atoms with Gasteiger partial charge in [0.25, 0.3) is 0 Å². The molecule has 1 aromatic heterocycles. The van der Waals surface area contributed by atoms with Crippen LogP contribution in [0.2, 0.25) is 0 Å². The number of amides is 1. The third kappa shape index (κ3) is 4.88. The first-order valence-electron chi connectivity index (χ1n) is 12.6. The molecule has 206 valence electrons. The summed E-state index contributed by atoms with van der Waals surface area (Å²) < 4.78 is 55.6. The van der Waals surface area contributed by atoms with E-state index in [0.29, 0.717) is 34.3 Å². The van der Waals surface area contributed by atoms with Gasteiger partial charge in [-0.05, 0) is 64.5 Å². The highest BCUT2D eigenvalue weighted by atomic mass is 32.2. The number of Topliss-reactive ketones (excluding diaryl/α,β-unsaturated/α-hetero) is 1. The van der Waals surface area contributed by atoms with E-state index in [4.69, 9.17) is 0 Å². The van der Waals surface area contributed by atoms with Gasteiger partial charge in [-0.1, -0.05) is 12.1 Å². The minimum Gasteiger partial charge on any atom is -0.324 e. The van der Waals surface area contributed by atoms with Crippen molar-refractivity contribution in [2.45, 2.75) is 56.1 Å². The van der Waals surface area contributed by atoms with E-state index in [-0.39, 0.29) is 30.7 Å². The number of sulfonamides is 1. The Kier molecular flexibility index (Phi) is 6.90. The molecule has 2 aliphatic rings. The average molecular weight is 558 g/mol. The molecule has 0 radical (unpaired) electrons. The number of para-hydroxylation sites is 1. The Balaban J connectivity index is 1.39. The van der Waals surface area contributed by atoms with Crippen LogP contribution in [-0.4, -0.2) is 59.1 Å². The lowest BCUT2D eigenvalue weighted by Crippen LogP contribution is -2.40. The molecule has 2 aromatic carbocycles. The molecule has 0 spiro atoms. The van der Waals surface area contributed by atoms with Crippen LogP contribution in [-0.2, 0) is 33.3 Å². The molecule has 1 atom stereocenters. The first kappa shape index (κ1) is 27.1. The van der Waals surface area contributed by atoms with Crippen LogP contribution >= 0.6 is 0 Å². The number of halogens is 2. The fraction of sp³-hybridized carbons (Fsp3) is 0.370. The molecule has 1 fully saturated rings. The van der Waals surface area contributed by atoms with Crippen molar-refractivity contribution in [2.75, 3.05) is 18.9 Å². The summed E-state index contributed by atoms with van der Waals surface area (Å²) in [5.41, 5.74) is 0.976. The second-order valence-corrected chi connectivity index (χ2v) is 12.3. The summed E-state index contributed by atoms with van der Waals surface area (Å²) in [7, 11) is -2.40. The monoisotopic (exact) mass is 557 g/mol. The number of benzene rings is 2. The number of ketones is 1. The molecule has 1 amide bonds. The number of fused-ring (bicyclic) bond motifs is 1. The topological polar surface area (TPSA) is 115 Å². The summed E-state index contributed by atoms with van der Waals surface area (Å²) in [5, 5.41) is 10.1. The van der Waals surface area contributed by atoms with E-state index in [9.17, 15) is 26.8 Å². The molecule has 0 unspecified atom stereocenters. The molecule has 9 nitrogen and oxygen atoms in total. The fourth-order valence-electron chi connectivity index (χ4n) is 5.42. The Hall–Kier alpha value is -3.48. The van der Waals surface area contributed by atoms with Gasteiger partial charge in [0.15, 0.2) is 5.78 Å². The van der Waals surface area contributed by atoms with Gasteiger partial charge in [-0.15, -0.1) is 0 Å². The third-order valence-electron chi connectivity index (χ3n) is 7.53. The number of likely N-dealkylation sites (tertiary alicyclic amines) is 1. The molecule has 2 aliphatic heterocycles. The number of carbonyl (C=O) groups is 2. The standard InChI is InChI=1S/C27H29F2N5O4S/c1-27(2)25-20(15-34(27)39(37,38)18-12-16(28)11-17(29)13-18)22(31-32-25)14-24(35)19-7-4-5-8-21(19)30-26(36)23-9-6-10-33(23)3/h4-5,7-8,11-13,23H,6,9-10,14-15H2,1-3H3,(H,30,36)(H,31,32)/t23-/m0/s1. The summed E-state index contributed by atoms with van der Waals surface area (Å²) in [6.07, 6.45) is 1.56. The van der Waals surface area contributed by atoms with Crippen LogP contribution in [0.1, 0.15) is 54.0 Å². The predicted molar refractivity (Wildman–Crippen MR) is 139 cm³/mol. The summed E-state index contributed by atoms with van der Waals surface area (Å²) in [4.78, 5) is 27.7. The number of nitrogens with one attached hydrogen (secondary N) is 2. The lowest BCUT2D eigenvalue weighted by atomic mass is 9.98. The van der Waals surface area contributed by atoms with Crippen molar-refractivity contribution in [1.29, 1.82) is 0 Å². The summed E-state index contributed by atoms with van der Waals surface area (Å²) in [6, 6.07) is 8.64. The molecular weight excluding hydrogens is 528 g/mol. The molecule has 0 bridgehead atoms. The molecule has 0 saturated carbocycles. The number of aromatic nitrogens is 2. The number of hydrogen-bond acceptors (Lipinski definition) is 6. The van der Waals surface area contributed by atoms with Gasteiger partial charge in [-0.2, -0.15) is 9.40 Å². The van der Waals surface area contributed by atoms with Crippen LogP contribution < -0.4 is 5.32 Å². The van der Waals surface area contributed by atoms with Gasteiger partial charge in [0.05, 0.1) is 34.3 Å². The maximum atomic E-state index is 13.8. The van der Waals surface area contributed by atoms with Crippen LogP contribution in [0.5, 0.6) is 0 Å². The maximum absolute atomic E-state index is 13.8. The lowest BCUT2D eigenvalue weighted by molar-refractivity contribution is -0.119. The number of rotatable bonds is 7. The Labute approximate surface area is 225 Å². The summed E-state index contributed by atoms with van der Waals surface area (Å²) >= 11 is 0. The Morgan fingerprint density at radius 3 is 2.51 bits per heavy atom. The normalized spacial score (nSPS) is 19.3. The van der Waals surface area contributed by atoms with E-state index in [2.05, 4.69) is 15.5 Å². The van der Waals surface area contributed by atoms with Crippen LogP contribution in [0.3, 0.4) is 0 Å². The van der Waals surface area contributed by atoms with Gasteiger partial charge in [0, 0.05) is 29.4 Å². The Morgan fingerprint density at radius 2 is 1.85 bits per heavy atom. The van der Waals surface area contributed by atoms with Gasteiger partial charge in [-0.3, -0.25) is 19.6 Å². The molecule has 3 aromatic rings. The number of H-pyrrole nitrogens is 1. The average Bonchev–Trinajstić information content (AvgIpc) is 3.54. The van der Waals surface area contributed by atoms with Gasteiger partial charge in [-0.25, -0.2) is 17.2 Å². The molecule has 1 saturated heterocycles. The van der Waals surface area contributed by atoms with Crippen LogP contribution in [0.4, 0.5) is 14.5 Å². The SMILES string of the molecule is CN1CCC[C@H]1C(=O)Nc1ccccc1C(=O)Cc1[nH]nc2c1CN(S(=O)(=O)c1cc(F)cc(F)c1)C2(C)C. The van der Waals surface area contributed by atoms with Crippen molar-refractivity contribution < 1.29 is 26.8 Å². The van der Waals surface area contributed by atoms with Crippen LogP contribution in [0.25, 0.3) is 0 Å². The zero-order valence-electron chi connectivity index (χ0n) is 21.8. The zero-order chi connectivity index (χ0) is 28.1. The number of aromatic amines is 1. The molecule has 3 heterocycles. The molecule has 39 heavy (non-hydrogen) atoms. The van der Waals surface area contributed by atoms with Crippen molar-refractivity contribution >= 4 is 27.4 Å². The van der Waals surface area contributed by atoms with Crippen molar-refractivity contribution in [1.82, 2.24) is 19.4 Å². The molecular formula is C27H29F2N5O4S. The third-order valence-corrected chi connectivity index (χ3v) is 9.52. The van der Waals surface area contributed by atoms with Gasteiger partial charge < -0.3 is 5.32 Å². The second kappa shape index (κ2) is 9.92. The van der Waals surface area contributed by atoms with Crippen molar-refractivity contribution in [2.24, 2.45) is 0 Å². The van der Waals surface area contributed by atoms with E-state index in [1.807, 2.05) is 11.9 Å². The highest BCUT2D eigenvalue weighted by molar-refractivity contribution is 7.89. The molecule has 2 N–H and O–H groups in total. The molecule has 12 heteroatoms. The van der Waals surface area contributed by atoms with E-state index < -0.39 is 32.1 Å². The number of carbonyl (C=O) groups excluding carboxylic acids is 2. The van der Waals surface area contributed by atoms with Crippen molar-refractivity contribution in [3.8, 4) is 0 Å². The first-order valence-corrected chi connectivity index (χ1v) is 14.0. The molecule has 0 aliphatic carbocycles. The second-order valence-electron chi connectivity index (χ2n) is 10.5. The Bertz CT molecular complexity index is 1550. The zero-order valence-corrected chi connectivity index (χ0v) is 22.6. The van der Waals surface area contributed by atoms with Crippen LogP contribution in [0, 0.1) is 11.6 Å². The van der Waals surface area contributed by atoms with Gasteiger partial charge in [0.1, 0.15) is 11.6 Å². The van der Waals surface area contributed by atoms with Gasteiger partial charge >= 0.3 is 0 Å². The van der Waals surface area contributed by atoms with E-state index in [1.54, 1.807) is 38.1 Å². The first-order chi connectivity index (χ1) is 18.4. The maximum Gasteiger partial charge on any atom is 0.244 e. The lowest BCUT2D eigenvalue weighted by Gasteiger charge is -2.30. The fourth-order valence-corrected chi connectivity index (χ4v) is 7.19. The van der Waals surface area contributed by atoms with Gasteiger partial charge in [0.2, 0.25) is 15.9 Å². The number of likely N-dealkylation sites (N-methyl/N-ethyl adjacent to an activating group) is 1. The van der Waals surface area contributed by atoms with Crippen LogP contribution in [0.15, 0.2) is 47.4 Å². The number of anilines is 1. The minimum atomic E-state index is -4.30. The van der Waals surface area contributed by atoms with E-state index in [0.717, 1.165) is 35.8 Å². The van der Waals surface area contributed by atoms with Crippen molar-refractivity contribution in [3.05, 3.63) is 76.6 Å². The minimum absolute atomic E-state index is 0.114. The summed E-state index contributed by atoms with van der Waals surface area (Å²) in [6.45, 7) is 3.99.